The lowest BCUT2D eigenvalue weighted by molar-refractivity contribution is -0.889. The van der Waals surface area contributed by atoms with Gasteiger partial charge < -0.3 is 23.2 Å². The van der Waals surface area contributed by atoms with Gasteiger partial charge in [-0.2, -0.15) is 11.8 Å². The number of quaternary nitrogens is 1. The molecule has 1 aliphatic rings. The molecular formula is C29H60NO5PS. The fourth-order valence-electron chi connectivity index (χ4n) is 5.02. The van der Waals surface area contributed by atoms with E-state index in [0.717, 1.165) is 42.6 Å². The largest absolute Gasteiger partial charge is 0.756 e. The summed E-state index contributed by atoms with van der Waals surface area (Å²) in [7, 11) is 1.67. The van der Waals surface area contributed by atoms with Crippen molar-refractivity contribution >= 4 is 19.6 Å². The molecule has 1 rings (SSSR count). The highest BCUT2D eigenvalue weighted by molar-refractivity contribution is 7.99. The van der Waals surface area contributed by atoms with Crippen LogP contribution in [0.2, 0.25) is 0 Å². The number of unbranched alkanes of at least 4 members (excludes halogenated alkanes) is 13. The van der Waals surface area contributed by atoms with Gasteiger partial charge in [0.25, 0.3) is 7.82 Å². The van der Waals surface area contributed by atoms with Gasteiger partial charge in [-0.3, -0.25) is 4.57 Å². The number of phosphoric ester groups is 1. The molecule has 0 aromatic heterocycles. The third kappa shape index (κ3) is 20.9. The quantitative estimate of drug-likeness (QED) is 0.0677. The van der Waals surface area contributed by atoms with Gasteiger partial charge in [0.2, 0.25) is 0 Å². The maximum atomic E-state index is 12.6. The van der Waals surface area contributed by atoms with E-state index in [0.29, 0.717) is 18.8 Å². The Morgan fingerprint density at radius 3 is 2.03 bits per heavy atom. The molecule has 0 N–H and O–H groups in total. The second-order valence-electron chi connectivity index (χ2n) is 11.7. The first kappa shape index (κ1) is 35.4. The fourth-order valence-corrected chi connectivity index (χ4v) is 7.37. The number of rotatable bonds is 24. The van der Waals surface area contributed by atoms with E-state index in [2.05, 4.69) is 21.0 Å². The van der Waals surface area contributed by atoms with Crippen molar-refractivity contribution in [2.75, 3.05) is 52.4 Å². The monoisotopic (exact) mass is 565 g/mol. The Morgan fingerprint density at radius 2 is 1.46 bits per heavy atom. The number of ether oxygens (including phenoxy) is 1. The molecule has 3 unspecified atom stereocenters. The normalized spacial score (nSPS) is 20.4. The van der Waals surface area contributed by atoms with Crippen molar-refractivity contribution in [3.63, 3.8) is 0 Å². The molecule has 1 heterocycles. The minimum atomic E-state index is -4.34. The molecular weight excluding hydrogens is 505 g/mol. The molecule has 37 heavy (non-hydrogen) atoms. The highest BCUT2D eigenvalue weighted by atomic mass is 32.2. The Morgan fingerprint density at radius 1 is 0.892 bits per heavy atom. The van der Waals surface area contributed by atoms with E-state index in [1.807, 2.05) is 0 Å². The molecule has 6 nitrogen and oxygen atoms in total. The second kappa shape index (κ2) is 22.1. The van der Waals surface area contributed by atoms with E-state index in [9.17, 15) is 9.46 Å². The molecule has 0 spiro atoms. The van der Waals surface area contributed by atoms with Crippen LogP contribution in [-0.2, 0) is 18.3 Å². The number of thioether (sulfide) groups is 1. The molecule has 0 radical (unpaired) electrons. The molecule has 222 valence electrons. The average molecular weight is 566 g/mol. The summed E-state index contributed by atoms with van der Waals surface area (Å²) < 4.78 is 29.8. The van der Waals surface area contributed by atoms with E-state index in [1.54, 1.807) is 18.9 Å². The third-order valence-electron chi connectivity index (χ3n) is 7.49. The predicted molar refractivity (Wildman–Crippen MR) is 157 cm³/mol. The number of nitrogens with zero attached hydrogens (tertiary/aromatic N) is 1. The number of hydrogen-bond donors (Lipinski definition) is 0. The molecule has 0 aliphatic carbocycles. The Kier molecular flexibility index (Phi) is 21.2. The van der Waals surface area contributed by atoms with E-state index >= 15 is 0 Å². The summed E-state index contributed by atoms with van der Waals surface area (Å²) in [4.78, 5) is 12.6. The van der Waals surface area contributed by atoms with Gasteiger partial charge in [-0.25, -0.2) is 0 Å². The minimum absolute atomic E-state index is 0.269. The fraction of sp³-hybridized carbons (Fsp3) is 1.00. The summed E-state index contributed by atoms with van der Waals surface area (Å²) in [5, 5.41) is 0. The molecule has 0 bridgehead atoms. The Balaban J connectivity index is 2.11. The highest BCUT2D eigenvalue weighted by Crippen LogP contribution is 2.44. The number of likely N-dealkylation sites (tertiary alicyclic amines) is 1. The topological polar surface area (TPSA) is 67.8 Å². The van der Waals surface area contributed by atoms with E-state index in [4.69, 9.17) is 13.8 Å². The molecule has 8 heteroatoms. The van der Waals surface area contributed by atoms with Crippen LogP contribution in [0.5, 0.6) is 0 Å². The zero-order valence-electron chi connectivity index (χ0n) is 24.8. The van der Waals surface area contributed by atoms with Gasteiger partial charge in [-0.15, -0.1) is 0 Å². The van der Waals surface area contributed by atoms with Crippen LogP contribution in [-0.4, -0.2) is 69.1 Å². The van der Waals surface area contributed by atoms with Crippen molar-refractivity contribution in [3.05, 3.63) is 0 Å². The van der Waals surface area contributed by atoms with Crippen LogP contribution in [0.25, 0.3) is 0 Å². The lowest BCUT2D eigenvalue weighted by Crippen LogP contribution is -2.40. The highest BCUT2D eigenvalue weighted by Gasteiger charge is 2.28. The number of methoxy groups -OCH3 is 1. The van der Waals surface area contributed by atoms with Gasteiger partial charge in [0, 0.05) is 25.9 Å². The average Bonchev–Trinajstić information content (AvgIpc) is 3.01. The molecule has 0 aromatic carbocycles. The summed E-state index contributed by atoms with van der Waals surface area (Å²) in [6.45, 7) is 4.74. The van der Waals surface area contributed by atoms with Crippen LogP contribution >= 0.6 is 19.6 Å². The zero-order chi connectivity index (χ0) is 27.2. The molecule has 3 atom stereocenters. The van der Waals surface area contributed by atoms with Gasteiger partial charge in [0.05, 0.1) is 39.4 Å². The third-order valence-corrected chi connectivity index (χ3v) is 9.79. The predicted octanol–water partition coefficient (Wildman–Crippen LogP) is 7.74. The molecule has 1 aliphatic heterocycles. The maximum Gasteiger partial charge on any atom is 0.268 e. The lowest BCUT2D eigenvalue weighted by Gasteiger charge is -2.31. The van der Waals surface area contributed by atoms with Gasteiger partial charge in [-0.1, -0.05) is 90.4 Å². The van der Waals surface area contributed by atoms with Crippen LogP contribution in [0.3, 0.4) is 0 Å². The smallest absolute Gasteiger partial charge is 0.268 e. The first-order valence-corrected chi connectivity index (χ1v) is 18.0. The minimum Gasteiger partial charge on any atom is -0.756 e. The van der Waals surface area contributed by atoms with Crippen molar-refractivity contribution < 1.29 is 27.7 Å². The van der Waals surface area contributed by atoms with Crippen LogP contribution in [0.4, 0.5) is 0 Å². The van der Waals surface area contributed by atoms with Crippen LogP contribution in [0, 0.1) is 0 Å². The number of hydrogen-bond acceptors (Lipinski definition) is 6. The summed E-state index contributed by atoms with van der Waals surface area (Å²) in [6, 6.07) is 0. The number of phosphoric acid groups is 1. The van der Waals surface area contributed by atoms with Crippen molar-refractivity contribution in [1.82, 2.24) is 0 Å². The van der Waals surface area contributed by atoms with Crippen LogP contribution in [0.1, 0.15) is 122 Å². The Hall–Kier alpha value is 0.380. The van der Waals surface area contributed by atoms with Crippen LogP contribution in [0.15, 0.2) is 0 Å². The van der Waals surface area contributed by atoms with Gasteiger partial charge >= 0.3 is 0 Å². The second-order valence-corrected chi connectivity index (χ2v) is 14.1. The first-order chi connectivity index (χ1) is 17.8. The Bertz CT molecular complexity index is 581. The van der Waals surface area contributed by atoms with Crippen molar-refractivity contribution in [2.45, 2.75) is 135 Å². The molecule has 1 saturated heterocycles. The maximum absolute atomic E-state index is 12.6. The summed E-state index contributed by atoms with van der Waals surface area (Å²) in [6.07, 6.45) is 21.5. The Labute approximate surface area is 234 Å². The van der Waals surface area contributed by atoms with E-state index < -0.39 is 13.9 Å². The summed E-state index contributed by atoms with van der Waals surface area (Å²) in [5.41, 5.74) is 0. The van der Waals surface area contributed by atoms with Gasteiger partial charge in [-0.05, 0) is 31.4 Å². The van der Waals surface area contributed by atoms with Crippen molar-refractivity contribution in [3.8, 4) is 0 Å². The molecule has 0 saturated carbocycles. The lowest BCUT2D eigenvalue weighted by atomic mass is 10.0. The van der Waals surface area contributed by atoms with Gasteiger partial charge in [0.15, 0.2) is 0 Å². The zero-order valence-corrected chi connectivity index (χ0v) is 26.5. The van der Waals surface area contributed by atoms with E-state index in [1.165, 1.54) is 89.9 Å². The standard InChI is InChI=1S/C29H60NO5PS/c1-5-6-7-8-9-10-11-12-13-14-15-16-17-18-26-37-27-29(22-25-33-4)35-36(31,32)34-28-20-19-23-30(2,3)24-21-28/h28-29H,5-27H2,1-4H3. The molecule has 0 amide bonds. The summed E-state index contributed by atoms with van der Waals surface area (Å²) >= 11 is 1.79. The SMILES string of the molecule is CCCCCCCCCCCCCCCCSCC(CCOC)OP(=O)([O-])OC1CCC[N+](C)(C)CC1. The van der Waals surface area contributed by atoms with Gasteiger partial charge in [0.1, 0.15) is 0 Å². The first-order valence-electron chi connectivity index (χ1n) is 15.3. The molecule has 1 fully saturated rings. The summed E-state index contributed by atoms with van der Waals surface area (Å²) in [5.74, 6) is 1.70. The van der Waals surface area contributed by atoms with Crippen LogP contribution < -0.4 is 4.89 Å². The van der Waals surface area contributed by atoms with Crippen molar-refractivity contribution in [2.24, 2.45) is 0 Å². The molecule has 0 aromatic rings. The van der Waals surface area contributed by atoms with E-state index in [-0.39, 0.29) is 6.10 Å². The van der Waals surface area contributed by atoms with Crippen molar-refractivity contribution in [1.29, 1.82) is 0 Å².